The minimum absolute atomic E-state index is 0.0807. The van der Waals surface area contributed by atoms with Gasteiger partial charge in [0.1, 0.15) is 5.60 Å². The van der Waals surface area contributed by atoms with Crippen LogP contribution in [0, 0.1) is 5.41 Å². The Bertz CT molecular complexity index is 356. The van der Waals surface area contributed by atoms with Crippen molar-refractivity contribution in [3.8, 4) is 0 Å². The van der Waals surface area contributed by atoms with E-state index in [0.29, 0.717) is 19.4 Å². The molecule has 0 saturated carbocycles. The number of rotatable bonds is 1. The molecule has 0 aliphatic carbocycles. The molecule has 1 aliphatic rings. The summed E-state index contributed by atoms with van der Waals surface area (Å²) in [6.07, 6.45) is 0.737. The SMILES string of the molecule is CN(C(=O)OC(C)(C)C)C1CCOC(O)(C(C)(C)C)C1. The van der Waals surface area contributed by atoms with Crippen molar-refractivity contribution < 1.29 is 19.4 Å². The fraction of sp³-hybridized carbons (Fsp3) is 0.933. The van der Waals surface area contributed by atoms with Gasteiger partial charge in [-0.3, -0.25) is 0 Å². The number of nitrogens with zero attached hydrogens (tertiary/aromatic N) is 1. The van der Waals surface area contributed by atoms with Gasteiger partial charge in [-0.2, -0.15) is 0 Å². The monoisotopic (exact) mass is 287 g/mol. The van der Waals surface area contributed by atoms with Crippen molar-refractivity contribution in [2.75, 3.05) is 13.7 Å². The van der Waals surface area contributed by atoms with Crippen molar-refractivity contribution >= 4 is 6.09 Å². The van der Waals surface area contributed by atoms with Gasteiger partial charge in [0.15, 0.2) is 5.79 Å². The lowest BCUT2D eigenvalue weighted by molar-refractivity contribution is -0.287. The summed E-state index contributed by atoms with van der Waals surface area (Å²) in [5, 5.41) is 10.6. The fourth-order valence-electron chi connectivity index (χ4n) is 2.18. The number of aliphatic hydroxyl groups is 1. The van der Waals surface area contributed by atoms with Crippen LogP contribution in [0.25, 0.3) is 0 Å². The van der Waals surface area contributed by atoms with Gasteiger partial charge in [0.05, 0.1) is 6.61 Å². The van der Waals surface area contributed by atoms with Crippen LogP contribution in [0.5, 0.6) is 0 Å². The summed E-state index contributed by atoms with van der Waals surface area (Å²) in [6.45, 7) is 11.8. The molecule has 0 aromatic carbocycles. The largest absolute Gasteiger partial charge is 0.444 e. The van der Waals surface area contributed by atoms with Crippen LogP contribution in [-0.4, -0.2) is 47.2 Å². The summed E-state index contributed by atoms with van der Waals surface area (Å²) in [4.78, 5) is 13.7. The smallest absolute Gasteiger partial charge is 0.410 e. The van der Waals surface area contributed by atoms with Gasteiger partial charge in [0.25, 0.3) is 0 Å². The zero-order chi connectivity index (χ0) is 15.8. The van der Waals surface area contributed by atoms with E-state index < -0.39 is 16.8 Å². The number of hydrogen-bond acceptors (Lipinski definition) is 4. The van der Waals surface area contributed by atoms with E-state index in [1.165, 1.54) is 0 Å². The normalized spacial score (nSPS) is 28.1. The Labute approximate surface area is 122 Å². The third kappa shape index (κ3) is 4.09. The molecule has 2 unspecified atom stereocenters. The molecule has 0 aromatic rings. The molecule has 0 spiro atoms. The minimum Gasteiger partial charge on any atom is -0.444 e. The molecule has 0 aromatic heterocycles. The summed E-state index contributed by atoms with van der Waals surface area (Å²) in [7, 11) is 1.72. The fourth-order valence-corrected chi connectivity index (χ4v) is 2.18. The van der Waals surface area contributed by atoms with Crippen molar-refractivity contribution in [1.29, 1.82) is 0 Å². The number of carbonyl (C=O) groups is 1. The van der Waals surface area contributed by atoms with Gasteiger partial charge in [0, 0.05) is 24.9 Å². The Morgan fingerprint density at radius 1 is 1.30 bits per heavy atom. The van der Waals surface area contributed by atoms with E-state index >= 15 is 0 Å². The average molecular weight is 287 g/mol. The van der Waals surface area contributed by atoms with Gasteiger partial charge in [-0.05, 0) is 27.2 Å². The van der Waals surface area contributed by atoms with Crippen LogP contribution in [0.15, 0.2) is 0 Å². The Morgan fingerprint density at radius 2 is 1.85 bits per heavy atom. The molecule has 20 heavy (non-hydrogen) atoms. The molecule has 1 heterocycles. The van der Waals surface area contributed by atoms with Crippen LogP contribution in [0.1, 0.15) is 54.4 Å². The molecular formula is C15H29NO4. The second-order valence-electron chi connectivity index (χ2n) is 7.62. The number of amides is 1. The molecular weight excluding hydrogens is 258 g/mol. The van der Waals surface area contributed by atoms with Gasteiger partial charge < -0.3 is 19.5 Å². The van der Waals surface area contributed by atoms with Crippen molar-refractivity contribution in [2.45, 2.75) is 71.8 Å². The summed E-state index contributed by atoms with van der Waals surface area (Å²) < 4.78 is 10.9. The molecule has 0 bridgehead atoms. The summed E-state index contributed by atoms with van der Waals surface area (Å²) in [5.41, 5.74) is -0.919. The first-order valence-electron chi connectivity index (χ1n) is 7.18. The minimum atomic E-state index is -1.22. The number of hydrogen-bond donors (Lipinski definition) is 1. The van der Waals surface area contributed by atoms with E-state index in [0.717, 1.165) is 0 Å². The van der Waals surface area contributed by atoms with Crippen LogP contribution in [0.2, 0.25) is 0 Å². The van der Waals surface area contributed by atoms with Gasteiger partial charge >= 0.3 is 6.09 Å². The number of carbonyl (C=O) groups excluding carboxylic acids is 1. The molecule has 1 saturated heterocycles. The van der Waals surface area contributed by atoms with Crippen molar-refractivity contribution in [3.05, 3.63) is 0 Å². The molecule has 2 atom stereocenters. The highest BCUT2D eigenvalue weighted by atomic mass is 16.6. The highest BCUT2D eigenvalue weighted by Gasteiger charge is 2.47. The van der Waals surface area contributed by atoms with E-state index in [9.17, 15) is 9.90 Å². The molecule has 118 valence electrons. The Balaban J connectivity index is 2.75. The van der Waals surface area contributed by atoms with Crippen molar-refractivity contribution in [1.82, 2.24) is 4.90 Å². The molecule has 1 aliphatic heterocycles. The van der Waals surface area contributed by atoms with Gasteiger partial charge in [0.2, 0.25) is 0 Å². The highest BCUT2D eigenvalue weighted by molar-refractivity contribution is 5.68. The van der Waals surface area contributed by atoms with Crippen molar-refractivity contribution in [2.24, 2.45) is 5.41 Å². The predicted molar refractivity (Wildman–Crippen MR) is 77.4 cm³/mol. The summed E-state index contributed by atoms with van der Waals surface area (Å²) >= 11 is 0. The standard InChI is InChI=1S/C15H29NO4/c1-13(2,3)15(18)10-11(8-9-19-15)16(7)12(17)20-14(4,5)6/h11,18H,8-10H2,1-7H3. The Hall–Kier alpha value is -0.810. The predicted octanol–water partition coefficient (Wildman–Crippen LogP) is 2.77. The molecule has 5 nitrogen and oxygen atoms in total. The molecule has 1 N–H and O–H groups in total. The van der Waals surface area contributed by atoms with Crippen LogP contribution >= 0.6 is 0 Å². The van der Waals surface area contributed by atoms with Crippen LogP contribution in [0.4, 0.5) is 4.79 Å². The van der Waals surface area contributed by atoms with E-state index in [1.807, 2.05) is 41.5 Å². The van der Waals surface area contributed by atoms with Crippen molar-refractivity contribution in [3.63, 3.8) is 0 Å². The first-order valence-corrected chi connectivity index (χ1v) is 7.18. The highest BCUT2D eigenvalue weighted by Crippen LogP contribution is 2.39. The van der Waals surface area contributed by atoms with Crippen LogP contribution in [0.3, 0.4) is 0 Å². The lowest BCUT2D eigenvalue weighted by Crippen LogP contribution is -2.55. The van der Waals surface area contributed by atoms with Crippen LogP contribution in [-0.2, 0) is 9.47 Å². The van der Waals surface area contributed by atoms with E-state index in [2.05, 4.69) is 0 Å². The number of ether oxygens (including phenoxy) is 2. The Kier molecular flexibility index (Phi) is 4.76. The molecule has 1 fully saturated rings. The zero-order valence-electron chi connectivity index (χ0n) is 13.8. The third-order valence-electron chi connectivity index (χ3n) is 3.71. The molecule has 0 radical (unpaired) electrons. The summed E-state index contributed by atoms with van der Waals surface area (Å²) in [5.74, 6) is -1.22. The average Bonchev–Trinajstić information content (AvgIpc) is 2.24. The van der Waals surface area contributed by atoms with Gasteiger partial charge in [-0.15, -0.1) is 0 Å². The Morgan fingerprint density at radius 3 is 2.30 bits per heavy atom. The lowest BCUT2D eigenvalue weighted by atomic mass is 9.79. The van der Waals surface area contributed by atoms with Gasteiger partial charge in [-0.1, -0.05) is 20.8 Å². The maximum atomic E-state index is 12.1. The zero-order valence-corrected chi connectivity index (χ0v) is 13.8. The first kappa shape index (κ1) is 17.2. The van der Waals surface area contributed by atoms with E-state index in [1.54, 1.807) is 11.9 Å². The summed E-state index contributed by atoms with van der Waals surface area (Å²) in [6, 6.07) is -0.0807. The topological polar surface area (TPSA) is 59.0 Å². The van der Waals surface area contributed by atoms with E-state index in [-0.39, 0.29) is 12.1 Å². The maximum Gasteiger partial charge on any atom is 0.410 e. The third-order valence-corrected chi connectivity index (χ3v) is 3.71. The quantitative estimate of drug-likeness (QED) is 0.805. The van der Waals surface area contributed by atoms with Gasteiger partial charge in [-0.25, -0.2) is 4.79 Å². The maximum absolute atomic E-state index is 12.1. The molecule has 5 heteroatoms. The second-order valence-corrected chi connectivity index (χ2v) is 7.62. The lowest BCUT2D eigenvalue weighted by Gasteiger charge is -2.47. The first-order chi connectivity index (χ1) is 8.86. The second kappa shape index (κ2) is 5.53. The van der Waals surface area contributed by atoms with Crippen LogP contribution < -0.4 is 0 Å². The van der Waals surface area contributed by atoms with E-state index in [4.69, 9.17) is 9.47 Å². The molecule has 1 rings (SSSR count). The molecule has 1 amide bonds.